The van der Waals surface area contributed by atoms with Crippen molar-refractivity contribution in [1.29, 1.82) is 0 Å². The third kappa shape index (κ3) is 6.80. The number of benzene rings is 1. The maximum absolute atomic E-state index is 11.7. The molecule has 1 aromatic carbocycles. The molecule has 0 saturated carbocycles. The van der Waals surface area contributed by atoms with Gasteiger partial charge in [0.25, 0.3) is 5.91 Å². The zero-order valence-electron chi connectivity index (χ0n) is 12.9. The van der Waals surface area contributed by atoms with Crippen molar-refractivity contribution in [2.45, 2.75) is 19.4 Å². The summed E-state index contributed by atoms with van der Waals surface area (Å²) in [7, 11) is 3.73. The van der Waals surface area contributed by atoms with Crippen LogP contribution in [-0.2, 0) is 4.79 Å². The SMILES string of the molecule is Cc1cc(OCC(=O)NCC(C)(O)CN(C)C)ccc1Cl. The van der Waals surface area contributed by atoms with E-state index in [9.17, 15) is 9.90 Å². The van der Waals surface area contributed by atoms with Crippen molar-refractivity contribution < 1.29 is 14.6 Å². The number of hydrogen-bond acceptors (Lipinski definition) is 4. The van der Waals surface area contributed by atoms with Crippen LogP contribution in [0.4, 0.5) is 0 Å². The molecule has 5 nitrogen and oxygen atoms in total. The molecule has 0 spiro atoms. The molecule has 0 aliphatic carbocycles. The van der Waals surface area contributed by atoms with Crippen molar-refractivity contribution in [2.75, 3.05) is 33.8 Å². The monoisotopic (exact) mass is 314 g/mol. The molecule has 0 bridgehead atoms. The Labute approximate surface area is 130 Å². The van der Waals surface area contributed by atoms with E-state index in [1.165, 1.54) is 0 Å². The molecule has 6 heteroatoms. The minimum atomic E-state index is -0.976. The molecule has 0 heterocycles. The first-order valence-corrected chi connectivity index (χ1v) is 7.10. The van der Waals surface area contributed by atoms with Gasteiger partial charge in [-0.15, -0.1) is 0 Å². The second-order valence-corrected chi connectivity index (χ2v) is 6.12. The number of halogens is 1. The van der Waals surface area contributed by atoms with Crippen LogP contribution in [0, 0.1) is 6.92 Å². The standard InChI is InChI=1S/C15H23ClN2O3/c1-11-7-12(5-6-13(11)16)21-8-14(19)17-9-15(2,20)10-18(3)4/h5-7,20H,8-10H2,1-4H3,(H,17,19). The maximum Gasteiger partial charge on any atom is 0.258 e. The summed E-state index contributed by atoms with van der Waals surface area (Å²) in [6.07, 6.45) is 0. The Balaban J connectivity index is 2.39. The predicted molar refractivity (Wildman–Crippen MR) is 83.9 cm³/mol. The van der Waals surface area contributed by atoms with Gasteiger partial charge < -0.3 is 20.1 Å². The van der Waals surface area contributed by atoms with Crippen molar-refractivity contribution in [3.8, 4) is 5.75 Å². The summed E-state index contributed by atoms with van der Waals surface area (Å²) in [5.41, 5.74) is -0.0840. The molecule has 2 N–H and O–H groups in total. The first kappa shape index (κ1) is 17.8. The Morgan fingerprint density at radius 3 is 2.71 bits per heavy atom. The average molecular weight is 315 g/mol. The van der Waals surface area contributed by atoms with Gasteiger partial charge in [-0.25, -0.2) is 0 Å². The lowest BCUT2D eigenvalue weighted by molar-refractivity contribution is -0.124. The van der Waals surface area contributed by atoms with Gasteiger partial charge in [-0.1, -0.05) is 11.6 Å². The van der Waals surface area contributed by atoms with E-state index >= 15 is 0 Å². The van der Waals surface area contributed by atoms with Crippen LogP contribution in [0.25, 0.3) is 0 Å². The second-order valence-electron chi connectivity index (χ2n) is 5.71. The van der Waals surface area contributed by atoms with Gasteiger partial charge in [0.1, 0.15) is 5.75 Å². The number of carbonyl (C=O) groups is 1. The molecule has 0 saturated heterocycles. The fourth-order valence-corrected chi connectivity index (χ4v) is 2.05. The van der Waals surface area contributed by atoms with E-state index in [-0.39, 0.29) is 19.1 Å². The van der Waals surface area contributed by atoms with Crippen LogP contribution in [-0.4, -0.2) is 55.3 Å². The van der Waals surface area contributed by atoms with Crippen molar-refractivity contribution in [1.82, 2.24) is 10.2 Å². The lowest BCUT2D eigenvalue weighted by Crippen LogP contribution is -2.47. The second kappa shape index (κ2) is 7.64. The van der Waals surface area contributed by atoms with Crippen molar-refractivity contribution >= 4 is 17.5 Å². The summed E-state index contributed by atoms with van der Waals surface area (Å²) in [6, 6.07) is 5.22. The highest BCUT2D eigenvalue weighted by molar-refractivity contribution is 6.31. The molecule has 1 unspecified atom stereocenters. The number of hydrogen-bond donors (Lipinski definition) is 2. The lowest BCUT2D eigenvalue weighted by Gasteiger charge is -2.27. The van der Waals surface area contributed by atoms with Gasteiger partial charge in [-0.3, -0.25) is 4.79 Å². The molecule has 118 valence electrons. The fourth-order valence-electron chi connectivity index (χ4n) is 1.93. The minimum absolute atomic E-state index is 0.0981. The molecule has 21 heavy (non-hydrogen) atoms. The molecule has 1 aromatic rings. The van der Waals surface area contributed by atoms with Crippen LogP contribution in [0.2, 0.25) is 5.02 Å². The van der Waals surface area contributed by atoms with E-state index in [1.807, 2.05) is 25.9 Å². The molecule has 1 amide bonds. The Morgan fingerprint density at radius 2 is 2.14 bits per heavy atom. The summed E-state index contributed by atoms with van der Waals surface area (Å²) < 4.78 is 5.39. The number of amides is 1. The Hall–Kier alpha value is -1.30. The van der Waals surface area contributed by atoms with E-state index < -0.39 is 5.60 Å². The number of aliphatic hydroxyl groups is 1. The van der Waals surface area contributed by atoms with Gasteiger partial charge >= 0.3 is 0 Å². The van der Waals surface area contributed by atoms with Gasteiger partial charge in [0.05, 0.1) is 5.60 Å². The molecule has 0 fully saturated rings. The van der Waals surface area contributed by atoms with Gasteiger partial charge in [0, 0.05) is 18.1 Å². The molecule has 1 atom stereocenters. The Morgan fingerprint density at radius 1 is 1.48 bits per heavy atom. The molecule has 0 aromatic heterocycles. The summed E-state index contributed by atoms with van der Waals surface area (Å²) in [5, 5.41) is 13.4. The Kier molecular flexibility index (Phi) is 6.45. The van der Waals surface area contributed by atoms with Gasteiger partial charge in [0.2, 0.25) is 0 Å². The third-order valence-electron chi connectivity index (χ3n) is 2.82. The van der Waals surface area contributed by atoms with E-state index in [0.29, 0.717) is 17.3 Å². The van der Waals surface area contributed by atoms with Crippen LogP contribution in [0.5, 0.6) is 5.75 Å². The quantitative estimate of drug-likeness (QED) is 0.800. The largest absolute Gasteiger partial charge is 0.484 e. The van der Waals surface area contributed by atoms with Crippen LogP contribution in [0.1, 0.15) is 12.5 Å². The van der Waals surface area contributed by atoms with E-state index in [1.54, 1.807) is 25.1 Å². The predicted octanol–water partition coefficient (Wildman–Crippen LogP) is 1.46. The number of ether oxygens (including phenoxy) is 1. The molecule has 0 aliphatic rings. The topological polar surface area (TPSA) is 61.8 Å². The number of aryl methyl sites for hydroxylation is 1. The third-order valence-corrected chi connectivity index (χ3v) is 3.25. The Bertz CT molecular complexity index is 490. The average Bonchev–Trinajstić information content (AvgIpc) is 2.36. The molecular formula is C15H23ClN2O3. The van der Waals surface area contributed by atoms with Crippen molar-refractivity contribution in [3.63, 3.8) is 0 Å². The number of nitrogens with zero attached hydrogens (tertiary/aromatic N) is 1. The van der Waals surface area contributed by atoms with Crippen LogP contribution >= 0.6 is 11.6 Å². The van der Waals surface area contributed by atoms with E-state index in [4.69, 9.17) is 16.3 Å². The smallest absolute Gasteiger partial charge is 0.258 e. The summed E-state index contributed by atoms with van der Waals surface area (Å²) >= 11 is 5.92. The number of likely N-dealkylation sites (N-methyl/N-ethyl adjacent to an activating group) is 1. The zero-order chi connectivity index (χ0) is 16.0. The maximum atomic E-state index is 11.7. The zero-order valence-corrected chi connectivity index (χ0v) is 13.7. The fraction of sp³-hybridized carbons (Fsp3) is 0.533. The first-order chi connectivity index (χ1) is 9.69. The molecule has 1 rings (SSSR count). The summed E-state index contributed by atoms with van der Waals surface area (Å²) in [5.74, 6) is 0.314. The van der Waals surface area contributed by atoms with E-state index in [2.05, 4.69) is 5.32 Å². The van der Waals surface area contributed by atoms with Gasteiger partial charge in [-0.2, -0.15) is 0 Å². The lowest BCUT2D eigenvalue weighted by atomic mass is 10.1. The van der Waals surface area contributed by atoms with Crippen LogP contribution in [0.15, 0.2) is 18.2 Å². The van der Waals surface area contributed by atoms with Crippen molar-refractivity contribution in [3.05, 3.63) is 28.8 Å². The highest BCUT2D eigenvalue weighted by atomic mass is 35.5. The molecular weight excluding hydrogens is 292 g/mol. The minimum Gasteiger partial charge on any atom is -0.484 e. The summed E-state index contributed by atoms with van der Waals surface area (Å²) in [4.78, 5) is 13.6. The number of carbonyl (C=O) groups excluding carboxylic acids is 1. The first-order valence-electron chi connectivity index (χ1n) is 6.72. The highest BCUT2D eigenvalue weighted by Gasteiger charge is 2.22. The molecule has 0 radical (unpaired) electrons. The van der Waals surface area contributed by atoms with Gasteiger partial charge in [0.15, 0.2) is 6.61 Å². The summed E-state index contributed by atoms with van der Waals surface area (Å²) in [6.45, 7) is 4.08. The van der Waals surface area contributed by atoms with Gasteiger partial charge in [-0.05, 0) is 51.7 Å². The van der Waals surface area contributed by atoms with Crippen molar-refractivity contribution in [2.24, 2.45) is 0 Å². The normalized spacial score (nSPS) is 13.9. The van der Waals surface area contributed by atoms with E-state index in [0.717, 1.165) is 5.56 Å². The number of nitrogens with one attached hydrogen (secondary N) is 1. The van der Waals surface area contributed by atoms with Crippen LogP contribution in [0.3, 0.4) is 0 Å². The highest BCUT2D eigenvalue weighted by Crippen LogP contribution is 2.20. The number of rotatable bonds is 7. The van der Waals surface area contributed by atoms with Crippen LogP contribution < -0.4 is 10.1 Å². The molecule has 0 aliphatic heterocycles.